The third kappa shape index (κ3) is 4.16. The largest absolute Gasteiger partial charge is 0.324 e. The number of nitrogens with one attached hydrogen (secondary N) is 2. The van der Waals surface area contributed by atoms with E-state index in [4.69, 9.17) is 5.73 Å². The van der Waals surface area contributed by atoms with E-state index in [9.17, 15) is 13.2 Å². The second kappa shape index (κ2) is 7.18. The van der Waals surface area contributed by atoms with Crippen molar-refractivity contribution in [3.8, 4) is 0 Å². The Balaban J connectivity index is 3.03. The lowest BCUT2D eigenvalue weighted by molar-refractivity contribution is -0.117. The van der Waals surface area contributed by atoms with E-state index in [1.54, 1.807) is 19.1 Å². The average molecular weight is 297 g/mol. The summed E-state index contributed by atoms with van der Waals surface area (Å²) in [4.78, 5) is 11.9. The SMILES string of the molecule is C=CCC(N)C(=O)Nc1ccccc1S(=O)(=O)NCC. The van der Waals surface area contributed by atoms with Crippen molar-refractivity contribution in [1.82, 2.24) is 4.72 Å². The average Bonchev–Trinajstić information content (AvgIpc) is 2.39. The molecule has 0 saturated heterocycles. The first-order valence-corrected chi connectivity index (χ1v) is 7.66. The first-order chi connectivity index (χ1) is 9.42. The monoisotopic (exact) mass is 297 g/mol. The number of carbonyl (C=O) groups is 1. The molecule has 0 radical (unpaired) electrons. The van der Waals surface area contributed by atoms with Crippen molar-refractivity contribution in [3.05, 3.63) is 36.9 Å². The van der Waals surface area contributed by atoms with Crippen LogP contribution >= 0.6 is 0 Å². The molecule has 0 aliphatic rings. The number of para-hydroxylation sites is 1. The summed E-state index contributed by atoms with van der Waals surface area (Å²) in [6.45, 7) is 5.45. The first kappa shape index (κ1) is 16.4. The number of rotatable bonds is 7. The molecule has 20 heavy (non-hydrogen) atoms. The van der Waals surface area contributed by atoms with Gasteiger partial charge in [0.25, 0.3) is 0 Å². The number of anilines is 1. The van der Waals surface area contributed by atoms with E-state index in [0.717, 1.165) is 0 Å². The highest BCUT2D eigenvalue weighted by atomic mass is 32.2. The fourth-order valence-corrected chi connectivity index (χ4v) is 2.79. The Kier molecular flexibility index (Phi) is 5.87. The molecule has 1 atom stereocenters. The van der Waals surface area contributed by atoms with Crippen LogP contribution in [0.15, 0.2) is 41.8 Å². The molecule has 110 valence electrons. The van der Waals surface area contributed by atoms with Gasteiger partial charge in [0.05, 0.1) is 11.7 Å². The molecular formula is C13H19N3O3S. The van der Waals surface area contributed by atoms with E-state index < -0.39 is 22.0 Å². The maximum absolute atomic E-state index is 12.0. The molecule has 1 unspecified atom stereocenters. The molecular weight excluding hydrogens is 278 g/mol. The summed E-state index contributed by atoms with van der Waals surface area (Å²) in [5.41, 5.74) is 5.85. The molecule has 0 heterocycles. The minimum Gasteiger partial charge on any atom is -0.324 e. The normalized spacial score (nSPS) is 12.7. The third-order valence-electron chi connectivity index (χ3n) is 2.53. The maximum atomic E-state index is 12.0. The quantitative estimate of drug-likeness (QED) is 0.649. The van der Waals surface area contributed by atoms with Crippen molar-refractivity contribution in [3.63, 3.8) is 0 Å². The second-order valence-electron chi connectivity index (χ2n) is 4.12. The van der Waals surface area contributed by atoms with Crippen LogP contribution < -0.4 is 15.8 Å². The second-order valence-corrected chi connectivity index (χ2v) is 5.85. The Labute approximate surface area is 119 Å². The van der Waals surface area contributed by atoms with Gasteiger partial charge in [0.2, 0.25) is 15.9 Å². The molecule has 1 aromatic rings. The summed E-state index contributed by atoms with van der Waals surface area (Å²) in [5, 5.41) is 2.53. The Hall–Kier alpha value is -1.70. The maximum Gasteiger partial charge on any atom is 0.242 e. The summed E-state index contributed by atoms with van der Waals surface area (Å²) >= 11 is 0. The van der Waals surface area contributed by atoms with Gasteiger partial charge in [-0.25, -0.2) is 13.1 Å². The molecule has 7 heteroatoms. The standard InChI is InChI=1S/C13H19N3O3S/c1-3-7-10(14)13(17)16-11-8-5-6-9-12(11)20(18,19)15-4-2/h3,5-6,8-10,15H,1,4,7,14H2,2H3,(H,16,17). The highest BCUT2D eigenvalue weighted by Crippen LogP contribution is 2.20. The molecule has 4 N–H and O–H groups in total. The Bertz CT molecular complexity index is 584. The molecule has 1 rings (SSSR count). The van der Waals surface area contributed by atoms with E-state index in [1.165, 1.54) is 18.2 Å². The number of sulfonamides is 1. The van der Waals surface area contributed by atoms with Gasteiger partial charge in [0.15, 0.2) is 0 Å². The summed E-state index contributed by atoms with van der Waals surface area (Å²) in [6, 6.07) is 5.40. The van der Waals surface area contributed by atoms with Crippen LogP contribution in [0.2, 0.25) is 0 Å². The van der Waals surface area contributed by atoms with Crippen LogP contribution in [0.3, 0.4) is 0 Å². The Morgan fingerprint density at radius 2 is 2.10 bits per heavy atom. The van der Waals surface area contributed by atoms with Crippen molar-refractivity contribution in [2.75, 3.05) is 11.9 Å². The van der Waals surface area contributed by atoms with E-state index in [-0.39, 0.29) is 17.1 Å². The van der Waals surface area contributed by atoms with Crippen molar-refractivity contribution < 1.29 is 13.2 Å². The zero-order chi connectivity index (χ0) is 15.2. The van der Waals surface area contributed by atoms with Gasteiger partial charge in [0.1, 0.15) is 4.90 Å². The van der Waals surface area contributed by atoms with Crippen molar-refractivity contribution in [2.45, 2.75) is 24.3 Å². The van der Waals surface area contributed by atoms with Crippen molar-refractivity contribution in [1.29, 1.82) is 0 Å². The summed E-state index contributed by atoms with van der Waals surface area (Å²) < 4.78 is 26.4. The fourth-order valence-electron chi connectivity index (χ4n) is 1.58. The van der Waals surface area contributed by atoms with E-state index in [2.05, 4.69) is 16.6 Å². The molecule has 0 fully saturated rings. The van der Waals surface area contributed by atoms with Gasteiger partial charge < -0.3 is 11.1 Å². The molecule has 0 saturated carbocycles. The minimum absolute atomic E-state index is 0.0148. The number of hydrogen-bond donors (Lipinski definition) is 3. The first-order valence-electron chi connectivity index (χ1n) is 6.18. The third-order valence-corrected chi connectivity index (χ3v) is 4.13. The van der Waals surface area contributed by atoms with Crippen LogP contribution in [-0.4, -0.2) is 26.9 Å². The van der Waals surface area contributed by atoms with Crippen LogP contribution in [0, 0.1) is 0 Å². The number of carbonyl (C=O) groups excluding carboxylic acids is 1. The number of benzene rings is 1. The number of amides is 1. The minimum atomic E-state index is -3.65. The Morgan fingerprint density at radius 3 is 2.70 bits per heavy atom. The molecule has 0 aliphatic carbocycles. The predicted octanol–water partition coefficient (Wildman–Crippen LogP) is 0.827. The summed E-state index contributed by atoms with van der Waals surface area (Å²) in [7, 11) is -3.65. The summed E-state index contributed by atoms with van der Waals surface area (Å²) in [5.74, 6) is -0.455. The van der Waals surface area contributed by atoms with Gasteiger partial charge in [-0.3, -0.25) is 4.79 Å². The van der Waals surface area contributed by atoms with Crippen LogP contribution in [0.25, 0.3) is 0 Å². The Morgan fingerprint density at radius 1 is 1.45 bits per heavy atom. The topological polar surface area (TPSA) is 101 Å². The highest BCUT2D eigenvalue weighted by Gasteiger charge is 2.20. The van der Waals surface area contributed by atoms with Crippen molar-refractivity contribution in [2.24, 2.45) is 5.73 Å². The predicted molar refractivity (Wildman–Crippen MR) is 78.7 cm³/mol. The van der Waals surface area contributed by atoms with Crippen LogP contribution in [0.4, 0.5) is 5.69 Å². The lowest BCUT2D eigenvalue weighted by Gasteiger charge is -2.14. The van der Waals surface area contributed by atoms with Gasteiger partial charge >= 0.3 is 0 Å². The van der Waals surface area contributed by atoms with Gasteiger partial charge in [-0.1, -0.05) is 25.1 Å². The van der Waals surface area contributed by atoms with Gasteiger partial charge in [-0.15, -0.1) is 6.58 Å². The highest BCUT2D eigenvalue weighted by molar-refractivity contribution is 7.89. The van der Waals surface area contributed by atoms with E-state index >= 15 is 0 Å². The molecule has 1 aromatic carbocycles. The molecule has 0 bridgehead atoms. The molecule has 6 nitrogen and oxygen atoms in total. The van der Waals surface area contributed by atoms with Crippen molar-refractivity contribution >= 4 is 21.6 Å². The number of nitrogens with two attached hydrogens (primary N) is 1. The lowest BCUT2D eigenvalue weighted by Crippen LogP contribution is -2.35. The van der Waals surface area contributed by atoms with Crippen LogP contribution in [-0.2, 0) is 14.8 Å². The molecule has 0 aliphatic heterocycles. The smallest absolute Gasteiger partial charge is 0.242 e. The van der Waals surface area contributed by atoms with Gasteiger partial charge in [0, 0.05) is 6.54 Å². The molecule has 1 amide bonds. The summed E-state index contributed by atoms with van der Waals surface area (Å²) in [6.07, 6.45) is 1.85. The van der Waals surface area contributed by atoms with Crippen LogP contribution in [0.5, 0.6) is 0 Å². The van der Waals surface area contributed by atoms with Gasteiger partial charge in [-0.05, 0) is 18.6 Å². The molecule has 0 aromatic heterocycles. The zero-order valence-electron chi connectivity index (χ0n) is 11.3. The van der Waals surface area contributed by atoms with Crippen LogP contribution in [0.1, 0.15) is 13.3 Å². The zero-order valence-corrected chi connectivity index (χ0v) is 12.1. The van der Waals surface area contributed by atoms with E-state index in [1.807, 2.05) is 0 Å². The van der Waals surface area contributed by atoms with Gasteiger partial charge in [-0.2, -0.15) is 0 Å². The number of hydrogen-bond acceptors (Lipinski definition) is 4. The fraction of sp³-hybridized carbons (Fsp3) is 0.308. The lowest BCUT2D eigenvalue weighted by atomic mass is 10.2. The van der Waals surface area contributed by atoms with E-state index in [0.29, 0.717) is 6.42 Å². The molecule has 0 spiro atoms.